The van der Waals surface area contributed by atoms with Crippen LogP contribution in [0.1, 0.15) is 23.0 Å². The van der Waals surface area contributed by atoms with Crippen LogP contribution in [0.4, 0.5) is 15.8 Å². The van der Waals surface area contributed by atoms with Crippen molar-refractivity contribution in [2.45, 2.75) is 25.9 Å². The highest BCUT2D eigenvalue weighted by Crippen LogP contribution is 2.32. The molecule has 1 saturated heterocycles. The molecule has 0 unspecified atom stereocenters. The molecular formula is C26H26FN5O3. The van der Waals surface area contributed by atoms with Gasteiger partial charge in [0.2, 0.25) is 5.91 Å². The van der Waals surface area contributed by atoms with Crippen molar-refractivity contribution < 1.29 is 14.0 Å². The zero-order valence-corrected chi connectivity index (χ0v) is 19.4. The second kappa shape index (κ2) is 9.32. The van der Waals surface area contributed by atoms with Gasteiger partial charge in [-0.15, -0.1) is 0 Å². The van der Waals surface area contributed by atoms with Crippen molar-refractivity contribution in [2.24, 2.45) is 0 Å². The standard InChI is InChI=1S/C26H26FN5O3/c1-18-16-19-4-2-3-5-23(19)32(18)26(35)22-10-11-24(33)31(28-22)17-25(34)30-14-12-29(13-15-30)21-8-6-20(27)7-9-21/h2-11,18H,12-17H2,1H3/t18-/m0/s1. The van der Waals surface area contributed by atoms with Crippen LogP contribution in [0.15, 0.2) is 65.5 Å². The third kappa shape index (κ3) is 4.53. The Bertz CT molecular complexity index is 1320. The van der Waals surface area contributed by atoms with Gasteiger partial charge in [0.15, 0.2) is 0 Å². The predicted octanol–water partition coefficient (Wildman–Crippen LogP) is 2.32. The molecule has 8 nitrogen and oxygen atoms in total. The Kier molecular flexibility index (Phi) is 6.07. The number of fused-ring (bicyclic) bond motifs is 1. The molecule has 35 heavy (non-hydrogen) atoms. The van der Waals surface area contributed by atoms with E-state index in [9.17, 15) is 18.8 Å². The summed E-state index contributed by atoms with van der Waals surface area (Å²) in [5, 5.41) is 4.25. The molecule has 2 amide bonds. The van der Waals surface area contributed by atoms with E-state index in [-0.39, 0.29) is 35.9 Å². The molecule has 0 radical (unpaired) electrons. The highest BCUT2D eigenvalue weighted by Gasteiger charge is 2.32. The second-order valence-corrected chi connectivity index (χ2v) is 8.92. The number of aromatic nitrogens is 2. The van der Waals surface area contributed by atoms with Gasteiger partial charge in [-0.1, -0.05) is 18.2 Å². The second-order valence-electron chi connectivity index (χ2n) is 8.92. The summed E-state index contributed by atoms with van der Waals surface area (Å²) >= 11 is 0. The van der Waals surface area contributed by atoms with Crippen molar-refractivity contribution in [3.05, 3.63) is 88.1 Å². The van der Waals surface area contributed by atoms with Crippen LogP contribution in [0.5, 0.6) is 0 Å². The molecule has 1 aromatic heterocycles. The number of para-hydroxylation sites is 1. The molecule has 2 aromatic carbocycles. The van der Waals surface area contributed by atoms with E-state index < -0.39 is 5.56 Å². The van der Waals surface area contributed by atoms with Gasteiger partial charge in [-0.2, -0.15) is 5.10 Å². The van der Waals surface area contributed by atoms with Gasteiger partial charge in [-0.25, -0.2) is 9.07 Å². The van der Waals surface area contributed by atoms with Crippen molar-refractivity contribution in [2.75, 3.05) is 36.0 Å². The number of nitrogens with zero attached hydrogens (tertiary/aromatic N) is 5. The van der Waals surface area contributed by atoms with Crippen molar-refractivity contribution >= 4 is 23.2 Å². The monoisotopic (exact) mass is 475 g/mol. The zero-order valence-electron chi connectivity index (χ0n) is 19.4. The Morgan fingerprint density at radius 1 is 0.971 bits per heavy atom. The fourth-order valence-corrected chi connectivity index (χ4v) is 4.77. The first-order valence-corrected chi connectivity index (χ1v) is 11.7. The SMILES string of the molecule is C[C@H]1Cc2ccccc2N1C(=O)c1ccc(=O)n(CC(=O)N2CCN(c3ccc(F)cc3)CC2)n1. The van der Waals surface area contributed by atoms with Crippen LogP contribution in [-0.4, -0.2) is 58.7 Å². The van der Waals surface area contributed by atoms with Gasteiger partial charge < -0.3 is 14.7 Å². The van der Waals surface area contributed by atoms with Crippen LogP contribution < -0.4 is 15.4 Å². The topological polar surface area (TPSA) is 78.8 Å². The fraction of sp³-hybridized carbons (Fsp3) is 0.308. The first kappa shape index (κ1) is 22.8. The van der Waals surface area contributed by atoms with E-state index in [1.165, 1.54) is 24.3 Å². The van der Waals surface area contributed by atoms with Gasteiger partial charge in [-0.3, -0.25) is 14.4 Å². The maximum absolute atomic E-state index is 13.3. The highest BCUT2D eigenvalue weighted by molar-refractivity contribution is 6.06. The van der Waals surface area contributed by atoms with Crippen molar-refractivity contribution in [3.63, 3.8) is 0 Å². The number of anilines is 2. The van der Waals surface area contributed by atoms with E-state index in [1.807, 2.05) is 31.2 Å². The first-order valence-electron chi connectivity index (χ1n) is 11.7. The minimum absolute atomic E-state index is 0.0267. The summed E-state index contributed by atoms with van der Waals surface area (Å²) in [5.74, 6) is -0.816. The number of hydrogen-bond donors (Lipinski definition) is 0. The van der Waals surface area contributed by atoms with Crippen LogP contribution in [0, 0.1) is 5.82 Å². The first-order chi connectivity index (χ1) is 16.9. The number of amides is 2. The highest BCUT2D eigenvalue weighted by atomic mass is 19.1. The van der Waals surface area contributed by atoms with Crippen LogP contribution in [0.3, 0.4) is 0 Å². The maximum Gasteiger partial charge on any atom is 0.278 e. The number of hydrogen-bond acceptors (Lipinski definition) is 5. The van der Waals surface area contributed by atoms with Gasteiger partial charge in [0.05, 0.1) is 0 Å². The van der Waals surface area contributed by atoms with Gasteiger partial charge in [-0.05, 0) is 55.3 Å². The average Bonchev–Trinajstić information content (AvgIpc) is 3.21. The summed E-state index contributed by atoms with van der Waals surface area (Å²) < 4.78 is 14.2. The van der Waals surface area contributed by atoms with Gasteiger partial charge in [0.25, 0.3) is 11.5 Å². The number of piperazine rings is 1. The number of carbonyl (C=O) groups excluding carboxylic acids is 2. The fourth-order valence-electron chi connectivity index (χ4n) is 4.77. The van der Waals surface area contributed by atoms with E-state index in [0.29, 0.717) is 26.2 Å². The summed E-state index contributed by atoms with van der Waals surface area (Å²) in [5.41, 5.74) is 2.54. The Morgan fingerprint density at radius 3 is 2.43 bits per heavy atom. The Hall–Kier alpha value is -4.01. The molecule has 0 aliphatic carbocycles. The normalized spacial score (nSPS) is 17.4. The van der Waals surface area contributed by atoms with Crippen LogP contribution in [-0.2, 0) is 17.8 Å². The third-order valence-corrected chi connectivity index (χ3v) is 6.62. The van der Waals surface area contributed by atoms with E-state index in [4.69, 9.17) is 0 Å². The Labute approximate surface area is 202 Å². The summed E-state index contributed by atoms with van der Waals surface area (Å²) in [4.78, 5) is 44.1. The van der Waals surface area contributed by atoms with Gasteiger partial charge in [0, 0.05) is 49.7 Å². The molecule has 0 N–H and O–H groups in total. The molecule has 0 saturated carbocycles. The average molecular weight is 476 g/mol. The minimum Gasteiger partial charge on any atom is -0.368 e. The van der Waals surface area contributed by atoms with Crippen molar-refractivity contribution in [1.82, 2.24) is 14.7 Å². The van der Waals surface area contributed by atoms with Crippen molar-refractivity contribution in [3.8, 4) is 0 Å². The molecular weight excluding hydrogens is 449 g/mol. The Morgan fingerprint density at radius 2 is 1.69 bits per heavy atom. The molecule has 1 fully saturated rings. The van der Waals surface area contributed by atoms with E-state index >= 15 is 0 Å². The third-order valence-electron chi connectivity index (χ3n) is 6.62. The van der Waals surface area contributed by atoms with Crippen LogP contribution in [0.25, 0.3) is 0 Å². The van der Waals surface area contributed by atoms with E-state index in [0.717, 1.165) is 28.0 Å². The lowest BCUT2D eigenvalue weighted by molar-refractivity contribution is -0.132. The van der Waals surface area contributed by atoms with E-state index in [2.05, 4.69) is 10.00 Å². The van der Waals surface area contributed by atoms with Crippen LogP contribution in [0.2, 0.25) is 0 Å². The summed E-state index contributed by atoms with van der Waals surface area (Å²) in [6.45, 7) is 3.90. The molecule has 9 heteroatoms. The lowest BCUT2D eigenvalue weighted by atomic mass is 10.1. The predicted molar refractivity (Wildman–Crippen MR) is 130 cm³/mol. The number of carbonyl (C=O) groups is 2. The van der Waals surface area contributed by atoms with Gasteiger partial charge in [0.1, 0.15) is 18.1 Å². The summed E-state index contributed by atoms with van der Waals surface area (Å²) in [6.07, 6.45) is 0.754. The molecule has 180 valence electrons. The molecule has 3 heterocycles. The number of rotatable bonds is 4. The smallest absolute Gasteiger partial charge is 0.278 e. The minimum atomic E-state index is -0.435. The zero-order chi connectivity index (χ0) is 24.5. The summed E-state index contributed by atoms with van der Waals surface area (Å²) in [6, 6.07) is 16.7. The number of benzene rings is 2. The van der Waals surface area contributed by atoms with Crippen molar-refractivity contribution in [1.29, 1.82) is 0 Å². The quantitative estimate of drug-likeness (QED) is 0.579. The molecule has 2 aliphatic rings. The largest absolute Gasteiger partial charge is 0.368 e. The summed E-state index contributed by atoms with van der Waals surface area (Å²) in [7, 11) is 0. The molecule has 0 bridgehead atoms. The van der Waals surface area contributed by atoms with Crippen LogP contribution >= 0.6 is 0 Å². The molecule has 3 aromatic rings. The van der Waals surface area contributed by atoms with Gasteiger partial charge >= 0.3 is 0 Å². The number of halogens is 1. The molecule has 5 rings (SSSR count). The molecule has 2 aliphatic heterocycles. The molecule has 1 atom stereocenters. The maximum atomic E-state index is 13.3. The van der Waals surface area contributed by atoms with E-state index in [1.54, 1.807) is 21.9 Å². The lowest BCUT2D eigenvalue weighted by Crippen LogP contribution is -2.50. The lowest BCUT2D eigenvalue weighted by Gasteiger charge is -2.36. The Balaban J connectivity index is 1.27. The molecule has 0 spiro atoms.